The molecule has 0 aromatic heterocycles. The van der Waals surface area contributed by atoms with E-state index in [1.54, 1.807) is 31.2 Å². The molecule has 8 heteroatoms. The summed E-state index contributed by atoms with van der Waals surface area (Å²) in [6, 6.07) is 13.7. The standard InChI is InChI=1S/C24H31N3O4S/c1-4-19-7-9-21(10-8-19)26-23(28)18(3)25-24(29)20-13-15-27(16-14-20)32(30,31)22-11-5-17(2)6-12-22/h5-12,18,20H,4,13-16H2,1-3H3,(H,25,29)(H,26,28)/t18-/m0/s1. The summed E-state index contributed by atoms with van der Waals surface area (Å²) in [4.78, 5) is 25.4. The van der Waals surface area contributed by atoms with Gasteiger partial charge in [-0.1, -0.05) is 36.8 Å². The Hall–Kier alpha value is -2.71. The number of carbonyl (C=O) groups is 2. The van der Waals surface area contributed by atoms with Crippen molar-refractivity contribution in [2.45, 2.75) is 51.0 Å². The molecule has 2 aromatic carbocycles. The van der Waals surface area contributed by atoms with Gasteiger partial charge in [0.05, 0.1) is 4.90 Å². The highest BCUT2D eigenvalue weighted by Crippen LogP contribution is 2.24. The van der Waals surface area contributed by atoms with E-state index in [1.165, 1.54) is 9.87 Å². The second-order valence-corrected chi connectivity index (χ2v) is 10.2. The Bertz CT molecular complexity index is 1040. The van der Waals surface area contributed by atoms with Gasteiger partial charge in [-0.05, 0) is 62.9 Å². The van der Waals surface area contributed by atoms with Crippen LogP contribution in [0.1, 0.15) is 37.8 Å². The molecule has 2 aromatic rings. The molecule has 0 saturated carbocycles. The number of amides is 2. The van der Waals surface area contributed by atoms with Gasteiger partial charge in [-0.3, -0.25) is 9.59 Å². The van der Waals surface area contributed by atoms with Crippen molar-refractivity contribution in [3.63, 3.8) is 0 Å². The third-order valence-electron chi connectivity index (χ3n) is 5.87. The van der Waals surface area contributed by atoms with Gasteiger partial charge in [0, 0.05) is 24.7 Å². The van der Waals surface area contributed by atoms with Crippen molar-refractivity contribution < 1.29 is 18.0 Å². The number of piperidine rings is 1. The molecule has 1 atom stereocenters. The summed E-state index contributed by atoms with van der Waals surface area (Å²) in [5.74, 6) is -0.832. The van der Waals surface area contributed by atoms with E-state index in [-0.39, 0.29) is 35.7 Å². The molecule has 0 spiro atoms. The Labute approximate surface area is 190 Å². The van der Waals surface area contributed by atoms with Crippen molar-refractivity contribution in [1.82, 2.24) is 9.62 Å². The Morgan fingerprint density at radius 1 is 1.03 bits per heavy atom. The molecule has 1 aliphatic heterocycles. The number of carbonyl (C=O) groups excluding carboxylic acids is 2. The highest BCUT2D eigenvalue weighted by atomic mass is 32.2. The molecular weight excluding hydrogens is 426 g/mol. The number of hydrogen-bond acceptors (Lipinski definition) is 4. The van der Waals surface area contributed by atoms with E-state index in [9.17, 15) is 18.0 Å². The zero-order valence-electron chi connectivity index (χ0n) is 18.8. The molecule has 0 bridgehead atoms. The van der Waals surface area contributed by atoms with Gasteiger partial charge in [-0.2, -0.15) is 4.31 Å². The van der Waals surface area contributed by atoms with Crippen LogP contribution in [0, 0.1) is 12.8 Å². The minimum absolute atomic E-state index is 0.221. The van der Waals surface area contributed by atoms with Crippen LogP contribution in [0.4, 0.5) is 5.69 Å². The fourth-order valence-corrected chi connectivity index (χ4v) is 5.16. The number of rotatable bonds is 7. The fourth-order valence-electron chi connectivity index (χ4n) is 3.69. The van der Waals surface area contributed by atoms with Gasteiger partial charge in [0.2, 0.25) is 21.8 Å². The van der Waals surface area contributed by atoms with E-state index in [4.69, 9.17) is 0 Å². The SMILES string of the molecule is CCc1ccc(NC(=O)[C@H](C)NC(=O)C2CCN(S(=O)(=O)c3ccc(C)cc3)CC2)cc1. The van der Waals surface area contributed by atoms with Crippen LogP contribution in [0.2, 0.25) is 0 Å². The van der Waals surface area contributed by atoms with Crippen LogP contribution >= 0.6 is 0 Å². The quantitative estimate of drug-likeness (QED) is 0.668. The van der Waals surface area contributed by atoms with E-state index >= 15 is 0 Å². The molecule has 172 valence electrons. The second-order valence-electron chi connectivity index (χ2n) is 8.26. The van der Waals surface area contributed by atoms with E-state index in [1.807, 2.05) is 31.2 Å². The van der Waals surface area contributed by atoms with Crippen molar-refractivity contribution >= 4 is 27.5 Å². The number of benzene rings is 2. The van der Waals surface area contributed by atoms with Gasteiger partial charge in [-0.15, -0.1) is 0 Å². The first kappa shape index (κ1) is 23.9. The Balaban J connectivity index is 1.51. The number of hydrogen-bond donors (Lipinski definition) is 2. The number of sulfonamides is 1. The van der Waals surface area contributed by atoms with Crippen LogP contribution in [0.25, 0.3) is 0 Å². The molecule has 1 fully saturated rings. The molecule has 1 saturated heterocycles. The van der Waals surface area contributed by atoms with Crippen LogP contribution in [0.15, 0.2) is 53.4 Å². The van der Waals surface area contributed by atoms with Crippen LogP contribution in [0.3, 0.4) is 0 Å². The summed E-state index contributed by atoms with van der Waals surface area (Å²) in [5, 5.41) is 5.57. The molecule has 2 N–H and O–H groups in total. The van der Waals surface area contributed by atoms with Crippen molar-refractivity contribution in [3.05, 3.63) is 59.7 Å². The molecular formula is C24H31N3O4S. The lowest BCUT2D eigenvalue weighted by molar-refractivity contribution is -0.129. The summed E-state index contributed by atoms with van der Waals surface area (Å²) in [6.45, 7) is 6.17. The van der Waals surface area contributed by atoms with Gasteiger partial charge in [0.25, 0.3) is 0 Å². The maximum Gasteiger partial charge on any atom is 0.246 e. The van der Waals surface area contributed by atoms with Gasteiger partial charge >= 0.3 is 0 Å². The van der Waals surface area contributed by atoms with E-state index in [2.05, 4.69) is 17.6 Å². The minimum Gasteiger partial charge on any atom is -0.344 e. The number of aryl methyl sites for hydroxylation is 2. The molecule has 3 rings (SSSR count). The third-order valence-corrected chi connectivity index (χ3v) is 7.78. The van der Waals surface area contributed by atoms with Crippen molar-refractivity contribution in [3.8, 4) is 0 Å². The van der Waals surface area contributed by atoms with Crippen LogP contribution in [-0.2, 0) is 26.0 Å². The minimum atomic E-state index is -3.57. The first-order valence-electron chi connectivity index (χ1n) is 11.0. The van der Waals surface area contributed by atoms with Crippen LogP contribution in [0.5, 0.6) is 0 Å². The van der Waals surface area contributed by atoms with E-state index in [0.717, 1.165) is 12.0 Å². The topological polar surface area (TPSA) is 95.6 Å². The molecule has 2 amide bonds. The second kappa shape index (κ2) is 10.3. The zero-order valence-corrected chi connectivity index (χ0v) is 19.6. The van der Waals surface area contributed by atoms with Crippen molar-refractivity contribution in [1.29, 1.82) is 0 Å². The smallest absolute Gasteiger partial charge is 0.246 e. The van der Waals surface area contributed by atoms with Gasteiger partial charge in [0.15, 0.2) is 0 Å². The van der Waals surface area contributed by atoms with Crippen LogP contribution < -0.4 is 10.6 Å². The third kappa shape index (κ3) is 5.75. The highest BCUT2D eigenvalue weighted by Gasteiger charge is 2.32. The first-order chi connectivity index (χ1) is 15.2. The molecule has 0 radical (unpaired) electrons. The highest BCUT2D eigenvalue weighted by molar-refractivity contribution is 7.89. The molecule has 0 aliphatic carbocycles. The number of anilines is 1. The lowest BCUT2D eigenvalue weighted by Gasteiger charge is -2.31. The average molecular weight is 458 g/mol. The molecule has 0 unspecified atom stereocenters. The summed E-state index contributed by atoms with van der Waals surface area (Å²) in [6.07, 6.45) is 1.76. The van der Waals surface area contributed by atoms with E-state index in [0.29, 0.717) is 18.5 Å². The summed E-state index contributed by atoms with van der Waals surface area (Å²) >= 11 is 0. The van der Waals surface area contributed by atoms with Crippen LogP contribution in [-0.4, -0.2) is 43.7 Å². The molecule has 1 aliphatic rings. The predicted octanol–water partition coefficient (Wildman–Crippen LogP) is 3.10. The maximum absolute atomic E-state index is 12.8. The average Bonchev–Trinajstić information content (AvgIpc) is 2.79. The largest absolute Gasteiger partial charge is 0.344 e. The lowest BCUT2D eigenvalue weighted by Crippen LogP contribution is -2.47. The Morgan fingerprint density at radius 3 is 2.19 bits per heavy atom. The van der Waals surface area contributed by atoms with Gasteiger partial charge in [-0.25, -0.2) is 8.42 Å². The zero-order chi connectivity index (χ0) is 23.3. The van der Waals surface area contributed by atoms with Crippen molar-refractivity contribution in [2.24, 2.45) is 5.92 Å². The van der Waals surface area contributed by atoms with Gasteiger partial charge < -0.3 is 10.6 Å². The summed E-state index contributed by atoms with van der Waals surface area (Å²) in [7, 11) is -3.57. The van der Waals surface area contributed by atoms with Gasteiger partial charge in [0.1, 0.15) is 6.04 Å². The summed E-state index contributed by atoms with van der Waals surface area (Å²) in [5.41, 5.74) is 2.86. The monoisotopic (exact) mass is 457 g/mol. The Kier molecular flexibility index (Phi) is 7.69. The normalized spacial score (nSPS) is 16.3. The fraction of sp³-hybridized carbons (Fsp3) is 0.417. The number of nitrogens with zero attached hydrogens (tertiary/aromatic N) is 1. The van der Waals surface area contributed by atoms with Crippen molar-refractivity contribution in [2.75, 3.05) is 18.4 Å². The molecule has 7 nitrogen and oxygen atoms in total. The summed E-state index contributed by atoms with van der Waals surface area (Å²) < 4.78 is 27.1. The predicted molar refractivity (Wildman–Crippen MR) is 125 cm³/mol. The molecule has 1 heterocycles. The lowest BCUT2D eigenvalue weighted by atomic mass is 9.97. The number of nitrogens with one attached hydrogen (secondary N) is 2. The first-order valence-corrected chi connectivity index (χ1v) is 12.4. The Morgan fingerprint density at radius 2 is 1.62 bits per heavy atom. The molecule has 32 heavy (non-hydrogen) atoms. The maximum atomic E-state index is 12.8. The van der Waals surface area contributed by atoms with E-state index < -0.39 is 16.1 Å².